The van der Waals surface area contributed by atoms with E-state index < -0.39 is 0 Å². The van der Waals surface area contributed by atoms with Gasteiger partial charge in [-0.25, -0.2) is 0 Å². The molecule has 0 radical (unpaired) electrons. The second-order valence-corrected chi connectivity index (χ2v) is 8.88. The number of rotatable bonds is 10. The van der Waals surface area contributed by atoms with Crippen molar-refractivity contribution in [3.05, 3.63) is 65.5 Å². The zero-order chi connectivity index (χ0) is 23.6. The van der Waals surface area contributed by atoms with Gasteiger partial charge in [-0.1, -0.05) is 42.3 Å². The van der Waals surface area contributed by atoms with Crippen LogP contribution in [0.5, 0.6) is 5.75 Å². The third kappa shape index (κ3) is 7.15. The molecule has 1 aliphatic heterocycles. The van der Waals surface area contributed by atoms with E-state index in [9.17, 15) is 4.79 Å². The lowest BCUT2D eigenvalue weighted by atomic mass is 10.1. The number of amides is 1. The topological polar surface area (TPSA) is 80.5 Å². The van der Waals surface area contributed by atoms with E-state index in [1.807, 2.05) is 24.3 Å². The minimum atomic E-state index is 0.0350. The summed E-state index contributed by atoms with van der Waals surface area (Å²) < 4.78 is 10.5. The first-order valence-electron chi connectivity index (χ1n) is 12.2. The first-order valence-corrected chi connectivity index (χ1v) is 12.2. The molecule has 1 aliphatic rings. The minimum Gasteiger partial charge on any atom is -0.497 e. The van der Waals surface area contributed by atoms with Crippen molar-refractivity contribution in [3.63, 3.8) is 0 Å². The summed E-state index contributed by atoms with van der Waals surface area (Å²) in [5, 5.41) is 7.08. The summed E-state index contributed by atoms with van der Waals surface area (Å²) in [7, 11) is 1.63. The average Bonchev–Trinajstić information content (AvgIpc) is 3.19. The van der Waals surface area contributed by atoms with E-state index in [2.05, 4.69) is 44.6 Å². The lowest BCUT2D eigenvalue weighted by Crippen LogP contribution is -2.24. The number of hydrogen-bond acceptors (Lipinski definition) is 6. The number of aryl methyl sites for hydroxylation is 1. The van der Waals surface area contributed by atoms with Gasteiger partial charge in [0.1, 0.15) is 5.75 Å². The van der Waals surface area contributed by atoms with E-state index >= 15 is 0 Å². The number of nitrogens with zero attached hydrogens (tertiary/aromatic N) is 3. The standard InChI is InChI=1S/C27H34N4O3/c1-33-24-14-12-23(13-15-24)27-29-26(34-30-27)11-7-10-25(32)28-19-21-8-6-9-22(18-21)20-31-16-4-2-3-5-17-31/h6,8-9,12-15,18H,2-5,7,10-11,16-17,19-20H2,1H3,(H,28,32). The highest BCUT2D eigenvalue weighted by atomic mass is 16.5. The lowest BCUT2D eigenvalue weighted by molar-refractivity contribution is -0.121. The van der Waals surface area contributed by atoms with Gasteiger partial charge in [-0.15, -0.1) is 0 Å². The Labute approximate surface area is 201 Å². The van der Waals surface area contributed by atoms with Crippen molar-refractivity contribution in [1.29, 1.82) is 0 Å². The summed E-state index contributed by atoms with van der Waals surface area (Å²) in [6.07, 6.45) is 6.93. The fourth-order valence-corrected chi connectivity index (χ4v) is 4.29. The van der Waals surface area contributed by atoms with Crippen molar-refractivity contribution < 1.29 is 14.1 Å². The van der Waals surface area contributed by atoms with E-state index in [1.54, 1.807) is 7.11 Å². The van der Waals surface area contributed by atoms with Crippen LogP contribution >= 0.6 is 0 Å². The molecule has 1 fully saturated rings. The third-order valence-corrected chi connectivity index (χ3v) is 6.20. The molecule has 2 heterocycles. The fraction of sp³-hybridized carbons (Fsp3) is 0.444. The Bertz CT molecular complexity index is 1040. The predicted molar refractivity (Wildman–Crippen MR) is 131 cm³/mol. The van der Waals surface area contributed by atoms with Crippen molar-refractivity contribution in [2.24, 2.45) is 0 Å². The Morgan fingerprint density at radius 2 is 1.82 bits per heavy atom. The Morgan fingerprint density at radius 1 is 1.06 bits per heavy atom. The third-order valence-electron chi connectivity index (χ3n) is 6.20. The quantitative estimate of drug-likeness (QED) is 0.468. The van der Waals surface area contributed by atoms with Gasteiger partial charge in [-0.2, -0.15) is 4.98 Å². The molecule has 4 rings (SSSR count). The van der Waals surface area contributed by atoms with E-state index in [1.165, 1.54) is 44.3 Å². The van der Waals surface area contributed by atoms with Gasteiger partial charge in [0.05, 0.1) is 7.11 Å². The molecule has 0 unspecified atom stereocenters. The highest BCUT2D eigenvalue weighted by Gasteiger charge is 2.11. The van der Waals surface area contributed by atoms with Gasteiger partial charge in [-0.05, 0) is 67.7 Å². The maximum atomic E-state index is 12.3. The second kappa shape index (κ2) is 12.3. The molecule has 0 atom stereocenters. The molecule has 1 saturated heterocycles. The summed E-state index contributed by atoms with van der Waals surface area (Å²) >= 11 is 0. The van der Waals surface area contributed by atoms with Gasteiger partial charge in [0.25, 0.3) is 0 Å². The summed E-state index contributed by atoms with van der Waals surface area (Å²) in [5.74, 6) is 1.90. The molecule has 7 heteroatoms. The first kappa shape index (κ1) is 24.0. The highest BCUT2D eigenvalue weighted by Crippen LogP contribution is 2.20. The van der Waals surface area contributed by atoms with Gasteiger partial charge < -0.3 is 14.6 Å². The zero-order valence-electron chi connectivity index (χ0n) is 20.0. The summed E-state index contributed by atoms with van der Waals surface area (Å²) in [6, 6.07) is 16.1. The normalized spacial score (nSPS) is 14.5. The van der Waals surface area contributed by atoms with Gasteiger partial charge in [0, 0.05) is 31.5 Å². The Balaban J connectivity index is 1.19. The van der Waals surface area contributed by atoms with E-state index in [0.29, 0.717) is 37.5 Å². The first-order chi connectivity index (χ1) is 16.7. The lowest BCUT2D eigenvalue weighted by Gasteiger charge is -2.20. The van der Waals surface area contributed by atoms with Crippen molar-refractivity contribution in [2.75, 3.05) is 20.2 Å². The molecule has 34 heavy (non-hydrogen) atoms. The molecular weight excluding hydrogens is 428 g/mol. The van der Waals surface area contributed by atoms with Crippen LogP contribution in [0.2, 0.25) is 0 Å². The maximum absolute atomic E-state index is 12.3. The summed E-state index contributed by atoms with van der Waals surface area (Å²) in [6.45, 7) is 3.91. The van der Waals surface area contributed by atoms with Crippen molar-refractivity contribution >= 4 is 5.91 Å². The number of aromatic nitrogens is 2. The van der Waals surface area contributed by atoms with Crippen LogP contribution in [0, 0.1) is 0 Å². The molecule has 0 aliphatic carbocycles. The minimum absolute atomic E-state index is 0.0350. The molecule has 1 N–H and O–H groups in total. The Kier molecular flexibility index (Phi) is 8.68. The number of ether oxygens (including phenoxy) is 1. The Hall–Kier alpha value is -3.19. The van der Waals surface area contributed by atoms with Crippen molar-refractivity contribution in [3.8, 4) is 17.1 Å². The van der Waals surface area contributed by atoms with Crippen LogP contribution in [0.1, 0.15) is 55.5 Å². The summed E-state index contributed by atoms with van der Waals surface area (Å²) in [5.41, 5.74) is 3.33. The molecular formula is C27H34N4O3. The summed E-state index contributed by atoms with van der Waals surface area (Å²) in [4.78, 5) is 19.3. The van der Waals surface area contributed by atoms with E-state index in [-0.39, 0.29) is 5.91 Å². The molecule has 0 bridgehead atoms. The van der Waals surface area contributed by atoms with Crippen molar-refractivity contribution in [2.45, 2.75) is 58.0 Å². The van der Waals surface area contributed by atoms with Crippen LogP contribution < -0.4 is 10.1 Å². The van der Waals surface area contributed by atoms with E-state index in [0.717, 1.165) is 23.4 Å². The second-order valence-electron chi connectivity index (χ2n) is 8.88. The van der Waals surface area contributed by atoms with Crippen LogP contribution in [0.25, 0.3) is 11.4 Å². The van der Waals surface area contributed by atoms with Gasteiger partial charge >= 0.3 is 0 Å². The van der Waals surface area contributed by atoms with E-state index in [4.69, 9.17) is 9.26 Å². The fourth-order valence-electron chi connectivity index (χ4n) is 4.29. The number of nitrogens with one attached hydrogen (secondary N) is 1. The molecule has 0 spiro atoms. The number of likely N-dealkylation sites (tertiary alicyclic amines) is 1. The molecule has 0 saturated carbocycles. The molecule has 3 aromatic rings. The maximum Gasteiger partial charge on any atom is 0.226 e. The number of methoxy groups -OCH3 is 1. The van der Waals surface area contributed by atoms with Crippen LogP contribution in [0.4, 0.5) is 0 Å². The number of carbonyl (C=O) groups is 1. The smallest absolute Gasteiger partial charge is 0.226 e. The van der Waals surface area contributed by atoms with Crippen LogP contribution in [0.15, 0.2) is 53.1 Å². The van der Waals surface area contributed by atoms with Gasteiger partial charge in [-0.3, -0.25) is 9.69 Å². The highest BCUT2D eigenvalue weighted by molar-refractivity contribution is 5.75. The van der Waals surface area contributed by atoms with Gasteiger partial charge in [0.15, 0.2) is 0 Å². The van der Waals surface area contributed by atoms with Crippen LogP contribution in [-0.2, 0) is 24.3 Å². The molecule has 7 nitrogen and oxygen atoms in total. The largest absolute Gasteiger partial charge is 0.497 e. The SMILES string of the molecule is COc1ccc(-c2noc(CCCC(=O)NCc3cccc(CN4CCCCCC4)c3)n2)cc1. The molecule has 1 aromatic heterocycles. The monoisotopic (exact) mass is 462 g/mol. The Morgan fingerprint density at radius 3 is 2.59 bits per heavy atom. The molecule has 2 aromatic carbocycles. The molecule has 180 valence electrons. The van der Waals surface area contributed by atoms with Crippen LogP contribution in [0.3, 0.4) is 0 Å². The van der Waals surface area contributed by atoms with Crippen LogP contribution in [-0.4, -0.2) is 41.1 Å². The van der Waals surface area contributed by atoms with Crippen molar-refractivity contribution in [1.82, 2.24) is 20.4 Å². The average molecular weight is 463 g/mol. The number of hydrogen-bond donors (Lipinski definition) is 1. The predicted octanol–water partition coefficient (Wildman–Crippen LogP) is 4.76. The molecule has 1 amide bonds. The zero-order valence-corrected chi connectivity index (χ0v) is 20.0. The van der Waals surface area contributed by atoms with Gasteiger partial charge in [0.2, 0.25) is 17.6 Å². The number of benzene rings is 2. The number of carbonyl (C=O) groups excluding carboxylic acids is 1.